The summed E-state index contributed by atoms with van der Waals surface area (Å²) in [6.45, 7) is 2.06. The first-order valence-corrected chi connectivity index (χ1v) is 11.3. The fraction of sp³-hybridized carbons (Fsp3) is 0.0769. The summed E-state index contributed by atoms with van der Waals surface area (Å²) in [4.78, 5) is 29.3. The Morgan fingerprint density at radius 3 is 2.53 bits per heavy atom. The Labute approximate surface area is 199 Å². The Morgan fingerprint density at radius 2 is 1.76 bits per heavy atom. The third-order valence-corrected chi connectivity index (χ3v) is 6.39. The number of hydrogen-bond acceptors (Lipinski definition) is 6. The van der Waals surface area contributed by atoms with Crippen molar-refractivity contribution < 1.29 is 14.3 Å². The minimum atomic E-state index is -0.385. The Kier molecular flexibility index (Phi) is 5.73. The summed E-state index contributed by atoms with van der Waals surface area (Å²) in [6.07, 6.45) is 3.18. The van der Waals surface area contributed by atoms with Crippen molar-refractivity contribution in [2.24, 2.45) is 0 Å². The van der Waals surface area contributed by atoms with E-state index in [0.717, 1.165) is 21.0 Å². The SMILES string of the molecule is Cc1cc(-c2ncc(CN(C(=O)c3cnc4ccccc4n3)c3ccc(F)cc3)s2)ccc1O. The second-order valence-corrected chi connectivity index (χ2v) is 8.86. The minimum Gasteiger partial charge on any atom is -0.508 e. The van der Waals surface area contributed by atoms with Crippen LogP contribution in [0.25, 0.3) is 21.6 Å². The summed E-state index contributed by atoms with van der Waals surface area (Å²) in [7, 11) is 0. The largest absolute Gasteiger partial charge is 0.508 e. The van der Waals surface area contributed by atoms with E-state index in [2.05, 4.69) is 15.0 Å². The number of aromatic nitrogens is 3. The Bertz CT molecular complexity index is 1500. The molecule has 34 heavy (non-hydrogen) atoms. The molecular weight excluding hydrogens is 451 g/mol. The molecule has 5 rings (SSSR count). The third kappa shape index (κ3) is 4.35. The Hall–Kier alpha value is -4.17. The van der Waals surface area contributed by atoms with Gasteiger partial charge in [0.1, 0.15) is 22.3 Å². The summed E-state index contributed by atoms with van der Waals surface area (Å²) >= 11 is 1.45. The maximum Gasteiger partial charge on any atom is 0.278 e. The number of aromatic hydroxyl groups is 1. The fourth-order valence-electron chi connectivity index (χ4n) is 3.56. The van der Waals surface area contributed by atoms with Gasteiger partial charge >= 0.3 is 0 Å². The number of aryl methyl sites for hydroxylation is 1. The number of fused-ring (bicyclic) bond motifs is 1. The van der Waals surface area contributed by atoms with E-state index >= 15 is 0 Å². The van der Waals surface area contributed by atoms with Gasteiger partial charge in [-0.25, -0.2) is 14.4 Å². The Balaban J connectivity index is 1.49. The van der Waals surface area contributed by atoms with E-state index in [0.29, 0.717) is 16.7 Å². The van der Waals surface area contributed by atoms with Crippen LogP contribution in [0.15, 0.2) is 79.1 Å². The monoisotopic (exact) mass is 470 g/mol. The minimum absolute atomic E-state index is 0.196. The lowest BCUT2D eigenvalue weighted by Gasteiger charge is -2.22. The van der Waals surface area contributed by atoms with Crippen LogP contribution in [-0.4, -0.2) is 26.0 Å². The molecule has 0 atom stereocenters. The number of amides is 1. The predicted octanol–water partition coefficient (Wildman–Crippen LogP) is 5.75. The summed E-state index contributed by atoms with van der Waals surface area (Å²) in [5.41, 5.74) is 3.69. The van der Waals surface area contributed by atoms with Gasteiger partial charge in [-0.3, -0.25) is 9.78 Å². The zero-order chi connectivity index (χ0) is 23.7. The van der Waals surface area contributed by atoms with Crippen molar-refractivity contribution in [3.05, 3.63) is 101 Å². The second-order valence-electron chi connectivity index (χ2n) is 7.74. The number of thiazole rings is 1. The molecule has 8 heteroatoms. The summed E-state index contributed by atoms with van der Waals surface area (Å²) < 4.78 is 13.6. The number of nitrogens with zero attached hydrogens (tertiary/aromatic N) is 4. The van der Waals surface area contributed by atoms with E-state index in [9.17, 15) is 14.3 Å². The normalized spacial score (nSPS) is 11.0. The average Bonchev–Trinajstić information content (AvgIpc) is 3.33. The predicted molar refractivity (Wildman–Crippen MR) is 130 cm³/mol. The summed E-state index contributed by atoms with van der Waals surface area (Å²) in [5, 5.41) is 10.6. The van der Waals surface area contributed by atoms with Gasteiger partial charge in [-0.05, 0) is 67.1 Å². The molecule has 0 aliphatic carbocycles. The number of benzene rings is 3. The lowest BCUT2D eigenvalue weighted by molar-refractivity contribution is 0.0980. The van der Waals surface area contributed by atoms with Crippen LogP contribution in [0.3, 0.4) is 0 Å². The van der Waals surface area contributed by atoms with Crippen LogP contribution in [0.4, 0.5) is 10.1 Å². The lowest BCUT2D eigenvalue weighted by Crippen LogP contribution is -2.31. The first kappa shape index (κ1) is 21.7. The number of halogens is 1. The molecule has 0 saturated carbocycles. The zero-order valence-corrected chi connectivity index (χ0v) is 19.0. The van der Waals surface area contributed by atoms with Gasteiger partial charge in [0.15, 0.2) is 0 Å². The standard InChI is InChI=1S/C26H19FN4O2S/c1-16-12-17(6-11-24(16)32)25-29-13-20(34-25)15-31(19-9-7-18(27)8-10-19)26(33)23-14-28-21-4-2-3-5-22(21)30-23/h2-14,32H,15H2,1H3. The van der Waals surface area contributed by atoms with Gasteiger partial charge in [-0.2, -0.15) is 0 Å². The molecule has 0 aliphatic rings. The summed E-state index contributed by atoms with van der Waals surface area (Å²) in [5.74, 6) is -0.505. The second kappa shape index (κ2) is 8.99. The van der Waals surface area contributed by atoms with Gasteiger partial charge in [0.2, 0.25) is 0 Å². The van der Waals surface area contributed by atoms with Crippen molar-refractivity contribution in [3.63, 3.8) is 0 Å². The van der Waals surface area contributed by atoms with E-state index in [1.807, 2.05) is 31.2 Å². The van der Waals surface area contributed by atoms with Gasteiger partial charge in [-0.1, -0.05) is 12.1 Å². The number of carbonyl (C=O) groups is 1. The van der Waals surface area contributed by atoms with Crippen LogP contribution in [0.1, 0.15) is 20.9 Å². The van der Waals surface area contributed by atoms with Crippen molar-refractivity contribution >= 4 is 34.0 Å². The molecule has 0 fully saturated rings. The van der Waals surface area contributed by atoms with Crippen LogP contribution < -0.4 is 4.90 Å². The van der Waals surface area contributed by atoms with Crippen LogP contribution >= 0.6 is 11.3 Å². The number of anilines is 1. The van der Waals surface area contributed by atoms with Crippen molar-refractivity contribution in [2.45, 2.75) is 13.5 Å². The molecule has 0 bridgehead atoms. The molecule has 0 spiro atoms. The average molecular weight is 471 g/mol. The highest BCUT2D eigenvalue weighted by Crippen LogP contribution is 2.30. The van der Waals surface area contributed by atoms with E-state index in [1.54, 1.807) is 36.5 Å². The smallest absolute Gasteiger partial charge is 0.278 e. The van der Waals surface area contributed by atoms with E-state index in [1.165, 1.54) is 34.6 Å². The zero-order valence-electron chi connectivity index (χ0n) is 18.1. The molecule has 5 aromatic rings. The topological polar surface area (TPSA) is 79.2 Å². The molecule has 0 aliphatic heterocycles. The fourth-order valence-corrected chi connectivity index (χ4v) is 4.46. The molecule has 0 unspecified atom stereocenters. The quantitative estimate of drug-likeness (QED) is 0.354. The van der Waals surface area contributed by atoms with E-state index in [-0.39, 0.29) is 29.7 Å². The highest BCUT2D eigenvalue weighted by atomic mass is 32.1. The lowest BCUT2D eigenvalue weighted by atomic mass is 10.1. The first-order chi connectivity index (χ1) is 16.5. The van der Waals surface area contributed by atoms with E-state index in [4.69, 9.17) is 0 Å². The van der Waals surface area contributed by atoms with Crippen LogP contribution in [0, 0.1) is 12.7 Å². The van der Waals surface area contributed by atoms with Crippen LogP contribution in [-0.2, 0) is 6.54 Å². The van der Waals surface area contributed by atoms with Crippen molar-refractivity contribution in [1.29, 1.82) is 0 Å². The maximum atomic E-state index is 13.6. The van der Waals surface area contributed by atoms with Gasteiger partial charge in [0.25, 0.3) is 5.91 Å². The van der Waals surface area contributed by atoms with Crippen molar-refractivity contribution in [2.75, 3.05) is 4.90 Å². The van der Waals surface area contributed by atoms with Gasteiger partial charge < -0.3 is 10.0 Å². The molecule has 6 nitrogen and oxygen atoms in total. The number of phenolic OH excluding ortho intramolecular Hbond substituents is 1. The van der Waals surface area contributed by atoms with Crippen molar-refractivity contribution in [1.82, 2.24) is 15.0 Å². The molecule has 2 aromatic heterocycles. The number of rotatable bonds is 5. The van der Waals surface area contributed by atoms with Gasteiger partial charge in [0, 0.05) is 22.3 Å². The van der Waals surface area contributed by atoms with Crippen LogP contribution in [0.2, 0.25) is 0 Å². The molecule has 2 heterocycles. The number of hydrogen-bond donors (Lipinski definition) is 1. The van der Waals surface area contributed by atoms with Crippen molar-refractivity contribution in [3.8, 4) is 16.3 Å². The molecule has 3 aromatic carbocycles. The van der Waals surface area contributed by atoms with Gasteiger partial charge in [-0.15, -0.1) is 11.3 Å². The molecule has 0 radical (unpaired) electrons. The number of carbonyl (C=O) groups excluding carboxylic acids is 1. The van der Waals surface area contributed by atoms with E-state index < -0.39 is 0 Å². The maximum absolute atomic E-state index is 13.6. The third-order valence-electron chi connectivity index (χ3n) is 5.36. The highest BCUT2D eigenvalue weighted by molar-refractivity contribution is 7.15. The van der Waals surface area contributed by atoms with Gasteiger partial charge in [0.05, 0.1) is 23.8 Å². The molecule has 0 saturated heterocycles. The highest BCUT2D eigenvalue weighted by Gasteiger charge is 2.22. The Morgan fingerprint density at radius 1 is 1.00 bits per heavy atom. The first-order valence-electron chi connectivity index (χ1n) is 10.5. The molecule has 168 valence electrons. The number of para-hydroxylation sites is 2. The number of phenols is 1. The molecule has 1 N–H and O–H groups in total. The van der Waals surface area contributed by atoms with Crippen LogP contribution in [0.5, 0.6) is 5.75 Å². The molecule has 1 amide bonds. The molecular formula is C26H19FN4O2S. The summed E-state index contributed by atoms with van der Waals surface area (Å²) in [6, 6.07) is 18.4.